The number of hydrogen-bond donors (Lipinski definition) is 2. The first kappa shape index (κ1) is 25.9. The Labute approximate surface area is 229 Å². The summed E-state index contributed by atoms with van der Waals surface area (Å²) in [5.74, 6) is -0.00187. The molecule has 4 aromatic rings. The lowest BCUT2D eigenvalue weighted by Gasteiger charge is -2.28. The van der Waals surface area contributed by atoms with Gasteiger partial charge in [-0.3, -0.25) is 19.4 Å². The lowest BCUT2D eigenvalue weighted by molar-refractivity contribution is -0.120. The zero-order valence-corrected chi connectivity index (χ0v) is 21.7. The molecule has 39 heavy (non-hydrogen) atoms. The zero-order valence-electron chi connectivity index (χ0n) is 20.9. The lowest BCUT2D eigenvalue weighted by atomic mass is 10.0. The van der Waals surface area contributed by atoms with E-state index >= 15 is 0 Å². The first-order valence-corrected chi connectivity index (χ1v) is 12.5. The minimum Gasteiger partial charge on any atom is -0.495 e. The molecule has 1 aliphatic rings. The summed E-state index contributed by atoms with van der Waals surface area (Å²) < 4.78 is 5.08. The van der Waals surface area contributed by atoms with Crippen LogP contribution in [0.2, 0.25) is 5.02 Å². The molecule has 0 fully saturated rings. The lowest BCUT2D eigenvalue weighted by Crippen LogP contribution is -2.46. The number of fused-ring (bicyclic) bond motifs is 1. The molecule has 1 atom stereocenters. The number of halogens is 1. The summed E-state index contributed by atoms with van der Waals surface area (Å²) in [5.41, 5.74) is 2.56. The topological polar surface area (TPSA) is 114 Å². The van der Waals surface area contributed by atoms with Gasteiger partial charge in [0.05, 0.1) is 24.6 Å². The summed E-state index contributed by atoms with van der Waals surface area (Å²) in [7, 11) is 1.54. The highest BCUT2D eigenvalue weighted by atomic mass is 35.5. The number of amides is 3. The van der Waals surface area contributed by atoms with Crippen LogP contribution in [0.4, 0.5) is 11.5 Å². The Morgan fingerprint density at radius 1 is 1.05 bits per heavy atom. The van der Waals surface area contributed by atoms with Gasteiger partial charge in [0.15, 0.2) is 0 Å². The first-order chi connectivity index (χ1) is 18.9. The molecule has 10 heteroatoms. The number of carbonyl (C=O) groups excluding carboxylic acids is 3. The molecule has 0 saturated carbocycles. The van der Waals surface area contributed by atoms with Gasteiger partial charge in [0, 0.05) is 35.4 Å². The molecule has 0 bridgehead atoms. The van der Waals surface area contributed by atoms with Gasteiger partial charge in [-0.2, -0.15) is 0 Å². The molecule has 2 aromatic heterocycles. The standard InChI is InChI=1S/C29H24ClN5O4/c1-39-22-10-12-26(32-16-22)34-27(36)19-7-5-18(6-8-19)17-35-25(15-21-4-2-3-13-31-21)28(37)33-24-14-20(30)9-11-23(24)29(35)38/h2-14,16,25H,15,17H2,1H3,(H,33,37)(H,32,34,36)/t25-/m1/s1. The summed E-state index contributed by atoms with van der Waals surface area (Å²) in [6, 6.07) is 19.6. The number of ether oxygens (including phenoxy) is 1. The number of methoxy groups -OCH3 is 1. The normalized spacial score (nSPS) is 14.7. The molecule has 196 valence electrons. The Hall–Kier alpha value is -4.76. The molecule has 2 aromatic carbocycles. The Balaban J connectivity index is 1.39. The van der Waals surface area contributed by atoms with E-state index in [1.54, 1.807) is 66.9 Å². The Morgan fingerprint density at radius 3 is 2.56 bits per heavy atom. The average molecular weight is 542 g/mol. The third kappa shape index (κ3) is 5.89. The minimum atomic E-state index is -0.817. The van der Waals surface area contributed by atoms with Crippen molar-refractivity contribution in [1.82, 2.24) is 14.9 Å². The fourth-order valence-electron chi connectivity index (χ4n) is 4.28. The number of rotatable bonds is 7. The number of anilines is 2. The highest BCUT2D eigenvalue weighted by Gasteiger charge is 2.36. The minimum absolute atomic E-state index is 0.147. The molecule has 3 heterocycles. The molecule has 1 aliphatic heterocycles. The summed E-state index contributed by atoms with van der Waals surface area (Å²) in [6.07, 6.45) is 3.39. The van der Waals surface area contributed by atoms with E-state index in [1.807, 2.05) is 12.1 Å². The summed E-state index contributed by atoms with van der Waals surface area (Å²) >= 11 is 6.13. The molecule has 0 radical (unpaired) electrons. The molecule has 0 aliphatic carbocycles. The molecule has 9 nitrogen and oxygen atoms in total. The Kier molecular flexibility index (Phi) is 7.51. The number of nitrogens with one attached hydrogen (secondary N) is 2. The maximum Gasteiger partial charge on any atom is 0.256 e. The molecule has 5 rings (SSSR count). The van der Waals surface area contributed by atoms with Gasteiger partial charge in [-0.25, -0.2) is 4.98 Å². The largest absolute Gasteiger partial charge is 0.495 e. The summed E-state index contributed by atoms with van der Waals surface area (Å²) in [5, 5.41) is 6.01. The van der Waals surface area contributed by atoms with Gasteiger partial charge in [0.25, 0.3) is 11.8 Å². The average Bonchev–Trinajstić information content (AvgIpc) is 3.04. The van der Waals surface area contributed by atoms with Crippen LogP contribution in [0.5, 0.6) is 5.75 Å². The van der Waals surface area contributed by atoms with E-state index in [1.165, 1.54) is 18.2 Å². The van der Waals surface area contributed by atoms with E-state index in [0.717, 1.165) is 5.56 Å². The molecule has 2 N–H and O–H groups in total. The predicted octanol–water partition coefficient (Wildman–Crippen LogP) is 4.60. The fraction of sp³-hybridized carbons (Fsp3) is 0.138. The maximum atomic E-state index is 13.7. The number of carbonyl (C=O) groups is 3. The van der Waals surface area contributed by atoms with Crippen LogP contribution in [0.1, 0.15) is 32.0 Å². The van der Waals surface area contributed by atoms with Crippen molar-refractivity contribution in [2.45, 2.75) is 19.0 Å². The van der Waals surface area contributed by atoms with E-state index < -0.39 is 6.04 Å². The van der Waals surface area contributed by atoms with Gasteiger partial charge in [-0.1, -0.05) is 29.8 Å². The molecule has 3 amide bonds. The predicted molar refractivity (Wildman–Crippen MR) is 147 cm³/mol. The third-order valence-electron chi connectivity index (χ3n) is 6.32. The number of benzene rings is 2. The van der Waals surface area contributed by atoms with Gasteiger partial charge >= 0.3 is 0 Å². The van der Waals surface area contributed by atoms with Crippen LogP contribution >= 0.6 is 11.6 Å². The fourth-order valence-corrected chi connectivity index (χ4v) is 4.46. The van der Waals surface area contributed by atoms with Crippen molar-refractivity contribution in [2.75, 3.05) is 17.7 Å². The monoisotopic (exact) mass is 541 g/mol. The maximum absolute atomic E-state index is 13.7. The number of pyridine rings is 2. The van der Waals surface area contributed by atoms with Crippen molar-refractivity contribution < 1.29 is 19.1 Å². The molecular formula is C29H24ClN5O4. The van der Waals surface area contributed by atoms with Crippen molar-refractivity contribution in [2.24, 2.45) is 0 Å². The van der Waals surface area contributed by atoms with E-state index in [2.05, 4.69) is 20.6 Å². The van der Waals surface area contributed by atoms with Gasteiger partial charge in [0.2, 0.25) is 5.91 Å². The van der Waals surface area contributed by atoms with Crippen LogP contribution in [0.25, 0.3) is 0 Å². The quantitative estimate of drug-likeness (QED) is 0.353. The highest BCUT2D eigenvalue weighted by molar-refractivity contribution is 6.31. The summed E-state index contributed by atoms with van der Waals surface area (Å²) in [4.78, 5) is 49.8. The highest BCUT2D eigenvalue weighted by Crippen LogP contribution is 2.28. The second kappa shape index (κ2) is 11.3. The second-order valence-electron chi connectivity index (χ2n) is 8.89. The third-order valence-corrected chi connectivity index (χ3v) is 6.56. The van der Waals surface area contributed by atoms with Crippen molar-refractivity contribution in [3.63, 3.8) is 0 Å². The summed E-state index contributed by atoms with van der Waals surface area (Å²) in [6.45, 7) is 0.147. The second-order valence-corrected chi connectivity index (χ2v) is 9.32. The Morgan fingerprint density at radius 2 is 1.87 bits per heavy atom. The Bertz CT molecular complexity index is 1510. The SMILES string of the molecule is COc1ccc(NC(=O)c2ccc(CN3C(=O)c4ccc(Cl)cc4NC(=O)[C@H]3Cc3ccccn3)cc2)nc1. The van der Waals surface area contributed by atoms with Crippen LogP contribution in [-0.4, -0.2) is 45.7 Å². The van der Waals surface area contributed by atoms with Crippen LogP contribution in [0, 0.1) is 0 Å². The van der Waals surface area contributed by atoms with Gasteiger partial charge in [-0.05, 0) is 60.2 Å². The van der Waals surface area contributed by atoms with Crippen molar-refractivity contribution in [1.29, 1.82) is 0 Å². The number of aromatic nitrogens is 2. The van der Waals surface area contributed by atoms with E-state index in [-0.39, 0.29) is 30.7 Å². The van der Waals surface area contributed by atoms with Crippen LogP contribution in [0.15, 0.2) is 85.2 Å². The van der Waals surface area contributed by atoms with Gasteiger partial charge < -0.3 is 20.3 Å². The van der Waals surface area contributed by atoms with Gasteiger partial charge in [-0.15, -0.1) is 0 Å². The van der Waals surface area contributed by atoms with E-state index in [0.29, 0.717) is 39.1 Å². The molecular weight excluding hydrogens is 518 g/mol. The van der Waals surface area contributed by atoms with E-state index in [9.17, 15) is 14.4 Å². The van der Waals surface area contributed by atoms with Crippen LogP contribution in [-0.2, 0) is 17.8 Å². The molecule has 0 saturated heterocycles. The molecule has 0 unspecified atom stereocenters. The first-order valence-electron chi connectivity index (χ1n) is 12.1. The van der Waals surface area contributed by atoms with Crippen LogP contribution < -0.4 is 15.4 Å². The molecule has 0 spiro atoms. The van der Waals surface area contributed by atoms with Crippen LogP contribution in [0.3, 0.4) is 0 Å². The smallest absolute Gasteiger partial charge is 0.256 e. The van der Waals surface area contributed by atoms with Gasteiger partial charge in [0.1, 0.15) is 17.6 Å². The number of nitrogens with zero attached hydrogens (tertiary/aromatic N) is 3. The number of hydrogen-bond acceptors (Lipinski definition) is 6. The van der Waals surface area contributed by atoms with E-state index in [4.69, 9.17) is 16.3 Å². The van der Waals surface area contributed by atoms with Crippen molar-refractivity contribution in [3.8, 4) is 5.75 Å². The van der Waals surface area contributed by atoms with Crippen molar-refractivity contribution in [3.05, 3.63) is 113 Å². The zero-order chi connectivity index (χ0) is 27.4. The van der Waals surface area contributed by atoms with Crippen molar-refractivity contribution >= 4 is 40.8 Å².